The van der Waals surface area contributed by atoms with Crippen LogP contribution in [-0.4, -0.2) is 0 Å². The van der Waals surface area contributed by atoms with E-state index in [0.29, 0.717) is 0 Å². The highest BCUT2D eigenvalue weighted by molar-refractivity contribution is 5.84. The summed E-state index contributed by atoms with van der Waals surface area (Å²) in [6.07, 6.45) is 0. The van der Waals surface area contributed by atoms with Crippen molar-refractivity contribution in [1.82, 2.24) is 0 Å². The van der Waals surface area contributed by atoms with Gasteiger partial charge < -0.3 is 10.6 Å². The van der Waals surface area contributed by atoms with E-state index >= 15 is 0 Å². The maximum Gasteiger partial charge on any atom is 0.0411 e. The Morgan fingerprint density at radius 2 is 0.553 bits per heavy atom. The molecule has 0 unspecified atom stereocenters. The zero-order valence-electron chi connectivity index (χ0n) is 21.0. The van der Waals surface area contributed by atoms with Crippen LogP contribution in [0.1, 0.15) is 0 Å². The number of anilines is 4. The summed E-state index contributed by atoms with van der Waals surface area (Å²) in [6, 6.07) is 55.2. The van der Waals surface area contributed by atoms with Gasteiger partial charge >= 0.3 is 0 Å². The molecule has 0 spiro atoms. The number of hydrogen-bond acceptors (Lipinski definition) is 2. The summed E-state index contributed by atoms with van der Waals surface area (Å²) >= 11 is 0. The van der Waals surface area contributed by atoms with E-state index in [9.17, 15) is 0 Å². The Bertz CT molecular complexity index is 1510. The summed E-state index contributed by atoms with van der Waals surface area (Å²) in [6.45, 7) is 0. The maximum atomic E-state index is 3.59. The molecule has 0 aromatic heterocycles. The Balaban J connectivity index is 1.49. The fourth-order valence-electron chi connectivity index (χ4n) is 4.70. The van der Waals surface area contributed by atoms with Gasteiger partial charge in [0.1, 0.15) is 0 Å². The Morgan fingerprint density at radius 1 is 0.237 bits per heavy atom. The van der Waals surface area contributed by atoms with Crippen LogP contribution in [0.15, 0.2) is 158 Å². The van der Waals surface area contributed by atoms with Gasteiger partial charge in [0.15, 0.2) is 0 Å². The molecule has 182 valence electrons. The van der Waals surface area contributed by atoms with E-state index in [1.54, 1.807) is 0 Å². The van der Waals surface area contributed by atoms with Crippen molar-refractivity contribution in [2.24, 2.45) is 0 Å². The third-order valence-corrected chi connectivity index (χ3v) is 6.54. The van der Waals surface area contributed by atoms with E-state index in [-0.39, 0.29) is 0 Å². The summed E-state index contributed by atoms with van der Waals surface area (Å²) in [5, 5.41) is 7.19. The summed E-state index contributed by atoms with van der Waals surface area (Å²) < 4.78 is 0. The first-order chi connectivity index (χ1) is 18.8. The molecular weight excluding hydrogens is 460 g/mol. The second-order valence-corrected chi connectivity index (χ2v) is 9.31. The second kappa shape index (κ2) is 10.9. The molecule has 0 amide bonds. The summed E-state index contributed by atoms with van der Waals surface area (Å²) in [5.41, 5.74) is 11.3. The molecule has 6 aromatic rings. The van der Waals surface area contributed by atoms with Crippen molar-refractivity contribution >= 4 is 22.7 Å². The van der Waals surface area contributed by atoms with Crippen molar-refractivity contribution in [3.63, 3.8) is 0 Å². The van der Waals surface area contributed by atoms with Gasteiger partial charge in [-0.05, 0) is 94.0 Å². The van der Waals surface area contributed by atoms with Crippen molar-refractivity contribution in [3.8, 4) is 33.4 Å². The molecule has 38 heavy (non-hydrogen) atoms. The summed E-state index contributed by atoms with van der Waals surface area (Å²) in [7, 11) is 0. The number of para-hydroxylation sites is 2. The zero-order valence-corrected chi connectivity index (χ0v) is 21.0. The van der Waals surface area contributed by atoms with Crippen LogP contribution < -0.4 is 10.6 Å². The highest BCUT2D eigenvalue weighted by Crippen LogP contribution is 2.36. The largest absolute Gasteiger partial charge is 0.355 e. The molecule has 0 atom stereocenters. The van der Waals surface area contributed by atoms with Crippen LogP contribution in [0, 0.1) is 0 Å². The Kier molecular flexibility index (Phi) is 6.69. The molecule has 0 aliphatic carbocycles. The SMILES string of the molecule is c1ccc(Nc2cc(Nc3ccccc3)cc(-c3cc(-c4ccccc4)cc(-c4ccccc4)c3)c2)cc1. The van der Waals surface area contributed by atoms with E-state index < -0.39 is 0 Å². The molecule has 0 saturated heterocycles. The van der Waals surface area contributed by atoms with E-state index in [1.807, 2.05) is 36.4 Å². The molecule has 6 aromatic carbocycles. The smallest absolute Gasteiger partial charge is 0.0411 e. The lowest BCUT2D eigenvalue weighted by atomic mass is 9.93. The molecule has 0 bridgehead atoms. The number of nitrogens with one attached hydrogen (secondary N) is 2. The molecule has 2 nitrogen and oxygen atoms in total. The van der Waals surface area contributed by atoms with Crippen LogP contribution in [0.3, 0.4) is 0 Å². The van der Waals surface area contributed by atoms with Crippen LogP contribution in [0.4, 0.5) is 22.7 Å². The lowest BCUT2D eigenvalue weighted by Crippen LogP contribution is -1.95. The van der Waals surface area contributed by atoms with Crippen LogP contribution in [-0.2, 0) is 0 Å². The number of hydrogen-bond donors (Lipinski definition) is 2. The van der Waals surface area contributed by atoms with Gasteiger partial charge in [0.2, 0.25) is 0 Å². The second-order valence-electron chi connectivity index (χ2n) is 9.31. The Labute approximate surface area is 224 Å². The van der Waals surface area contributed by atoms with E-state index in [0.717, 1.165) is 33.9 Å². The number of benzene rings is 6. The Morgan fingerprint density at radius 3 is 0.947 bits per heavy atom. The van der Waals surface area contributed by atoms with Crippen molar-refractivity contribution < 1.29 is 0 Å². The molecule has 0 heterocycles. The van der Waals surface area contributed by atoms with Crippen molar-refractivity contribution in [2.75, 3.05) is 10.6 Å². The quantitative estimate of drug-likeness (QED) is 0.233. The minimum absolute atomic E-state index is 1.03. The molecule has 0 radical (unpaired) electrons. The predicted molar refractivity (Wildman–Crippen MR) is 162 cm³/mol. The van der Waals surface area contributed by atoms with Gasteiger partial charge in [-0.2, -0.15) is 0 Å². The average Bonchev–Trinajstić information content (AvgIpc) is 2.99. The van der Waals surface area contributed by atoms with Gasteiger partial charge in [0.05, 0.1) is 0 Å². The summed E-state index contributed by atoms with van der Waals surface area (Å²) in [5.74, 6) is 0. The van der Waals surface area contributed by atoms with Gasteiger partial charge in [-0.1, -0.05) is 97.1 Å². The molecule has 0 fully saturated rings. The first-order valence-corrected chi connectivity index (χ1v) is 12.9. The maximum absolute atomic E-state index is 3.59. The molecule has 2 N–H and O–H groups in total. The molecule has 0 aliphatic rings. The molecule has 2 heteroatoms. The third-order valence-electron chi connectivity index (χ3n) is 6.54. The predicted octanol–water partition coefficient (Wildman–Crippen LogP) is 10.2. The van der Waals surface area contributed by atoms with Crippen molar-refractivity contribution in [2.45, 2.75) is 0 Å². The van der Waals surface area contributed by atoms with E-state index in [4.69, 9.17) is 0 Å². The fourth-order valence-corrected chi connectivity index (χ4v) is 4.70. The van der Waals surface area contributed by atoms with Crippen molar-refractivity contribution in [1.29, 1.82) is 0 Å². The minimum Gasteiger partial charge on any atom is -0.355 e. The van der Waals surface area contributed by atoms with Gasteiger partial charge in [-0.3, -0.25) is 0 Å². The minimum atomic E-state index is 1.03. The van der Waals surface area contributed by atoms with Crippen LogP contribution in [0.2, 0.25) is 0 Å². The highest BCUT2D eigenvalue weighted by atomic mass is 14.9. The van der Waals surface area contributed by atoms with Gasteiger partial charge in [0, 0.05) is 22.7 Å². The molecule has 6 rings (SSSR count). The zero-order chi connectivity index (χ0) is 25.6. The van der Waals surface area contributed by atoms with E-state index in [2.05, 4.69) is 132 Å². The monoisotopic (exact) mass is 488 g/mol. The summed E-state index contributed by atoms with van der Waals surface area (Å²) in [4.78, 5) is 0. The average molecular weight is 489 g/mol. The Hall–Kier alpha value is -5.08. The first-order valence-electron chi connectivity index (χ1n) is 12.9. The molecular formula is C36H28N2. The van der Waals surface area contributed by atoms with Gasteiger partial charge in [-0.15, -0.1) is 0 Å². The standard InChI is InChI=1S/C36H28N2/c1-5-13-27(14-6-1)29-21-30(28-15-7-2-8-16-28)23-31(22-29)32-24-35(37-33-17-9-3-10-18-33)26-36(25-32)38-34-19-11-4-12-20-34/h1-26,37-38H. The van der Waals surface area contributed by atoms with Crippen LogP contribution in [0.5, 0.6) is 0 Å². The highest BCUT2D eigenvalue weighted by Gasteiger charge is 2.10. The number of rotatable bonds is 7. The van der Waals surface area contributed by atoms with Gasteiger partial charge in [-0.25, -0.2) is 0 Å². The lowest BCUT2D eigenvalue weighted by molar-refractivity contribution is 1.50. The van der Waals surface area contributed by atoms with Crippen LogP contribution in [0.25, 0.3) is 33.4 Å². The lowest BCUT2D eigenvalue weighted by Gasteiger charge is -2.16. The first kappa shape index (κ1) is 23.3. The van der Waals surface area contributed by atoms with Crippen molar-refractivity contribution in [3.05, 3.63) is 158 Å². The normalized spacial score (nSPS) is 10.6. The molecule has 0 saturated carbocycles. The third kappa shape index (κ3) is 5.50. The van der Waals surface area contributed by atoms with Crippen LogP contribution >= 0.6 is 0 Å². The fraction of sp³-hybridized carbons (Fsp3) is 0. The van der Waals surface area contributed by atoms with E-state index in [1.165, 1.54) is 22.3 Å². The van der Waals surface area contributed by atoms with Gasteiger partial charge in [0.25, 0.3) is 0 Å². The molecule has 0 aliphatic heterocycles. The topological polar surface area (TPSA) is 24.1 Å².